The van der Waals surface area contributed by atoms with Crippen LogP contribution in [0.25, 0.3) is 0 Å². The molecule has 3 aromatic rings. The van der Waals surface area contributed by atoms with Gasteiger partial charge in [0, 0.05) is 49.9 Å². The number of hydrogen-bond acceptors (Lipinski definition) is 3. The van der Waals surface area contributed by atoms with Gasteiger partial charge in [-0.3, -0.25) is 9.69 Å². The van der Waals surface area contributed by atoms with Crippen molar-refractivity contribution in [3.05, 3.63) is 102 Å². The normalized spacial score (nSPS) is 16.6. The number of carbonyl (C=O) groups excluding carboxylic acids is 1. The Kier molecular flexibility index (Phi) is 9.93. The molecule has 1 aliphatic heterocycles. The largest absolute Gasteiger partial charge is 0.369 e. The van der Waals surface area contributed by atoms with Crippen LogP contribution in [-0.2, 0) is 0 Å². The van der Waals surface area contributed by atoms with Gasteiger partial charge in [0.15, 0.2) is 0 Å². The van der Waals surface area contributed by atoms with E-state index in [2.05, 4.69) is 88.5 Å². The fourth-order valence-corrected chi connectivity index (χ4v) is 6.47. The standard InChI is InChI=1S/C36H43N3O/c1-2-22-39(29-30-13-6-3-7-14-30)36(40)33-19-12-20-34(28-33)38-26-24-37(25-27-38)23-21-35(31-15-8-4-9-16-31)32-17-10-5-11-18-32/h1,4-5,8-12,15-20,28,30,35H,3,6-7,13-14,21-27,29H2. The van der Waals surface area contributed by atoms with Gasteiger partial charge in [-0.2, -0.15) is 0 Å². The number of terminal acetylenes is 1. The molecular weight excluding hydrogens is 490 g/mol. The summed E-state index contributed by atoms with van der Waals surface area (Å²) in [5.74, 6) is 3.77. The Labute approximate surface area is 241 Å². The predicted molar refractivity (Wildman–Crippen MR) is 166 cm³/mol. The van der Waals surface area contributed by atoms with E-state index in [4.69, 9.17) is 6.42 Å². The summed E-state index contributed by atoms with van der Waals surface area (Å²) >= 11 is 0. The predicted octanol–water partition coefficient (Wildman–Crippen LogP) is 6.69. The Bertz CT molecular complexity index is 1200. The molecule has 0 bridgehead atoms. The maximum atomic E-state index is 13.5. The highest BCUT2D eigenvalue weighted by atomic mass is 16.2. The molecule has 1 amide bonds. The van der Waals surface area contributed by atoms with Crippen LogP contribution in [0.5, 0.6) is 0 Å². The van der Waals surface area contributed by atoms with E-state index in [1.807, 2.05) is 17.0 Å². The van der Waals surface area contributed by atoms with Crippen molar-refractivity contribution in [2.75, 3.05) is 50.7 Å². The number of benzene rings is 3. The van der Waals surface area contributed by atoms with E-state index in [9.17, 15) is 4.79 Å². The van der Waals surface area contributed by atoms with E-state index in [1.54, 1.807) is 0 Å². The molecule has 1 saturated carbocycles. The van der Waals surface area contributed by atoms with Crippen molar-refractivity contribution in [3.63, 3.8) is 0 Å². The van der Waals surface area contributed by atoms with E-state index in [0.29, 0.717) is 18.4 Å². The van der Waals surface area contributed by atoms with Gasteiger partial charge in [0.05, 0.1) is 6.54 Å². The summed E-state index contributed by atoms with van der Waals surface area (Å²) in [5, 5.41) is 0. The van der Waals surface area contributed by atoms with E-state index < -0.39 is 0 Å². The third kappa shape index (κ3) is 7.34. The third-order valence-electron chi connectivity index (χ3n) is 8.74. The first-order chi connectivity index (χ1) is 19.7. The van der Waals surface area contributed by atoms with Gasteiger partial charge in [-0.15, -0.1) is 6.42 Å². The Morgan fingerprint density at radius 1 is 0.850 bits per heavy atom. The summed E-state index contributed by atoms with van der Waals surface area (Å²) in [6.07, 6.45) is 13.0. The number of nitrogens with zero attached hydrogens (tertiary/aromatic N) is 3. The molecule has 4 heteroatoms. The molecule has 3 aromatic carbocycles. The Morgan fingerprint density at radius 3 is 2.12 bits per heavy atom. The SMILES string of the molecule is C#CCN(CC1CCCCC1)C(=O)c1cccc(N2CCN(CCC(c3ccccc3)c3ccccc3)CC2)c1. The lowest BCUT2D eigenvalue weighted by atomic mass is 9.88. The minimum Gasteiger partial charge on any atom is -0.369 e. The first-order valence-corrected chi connectivity index (χ1v) is 15.1. The first kappa shape index (κ1) is 28.0. The molecule has 0 atom stereocenters. The summed E-state index contributed by atoms with van der Waals surface area (Å²) < 4.78 is 0. The summed E-state index contributed by atoms with van der Waals surface area (Å²) in [4.78, 5) is 20.4. The van der Waals surface area contributed by atoms with Crippen molar-refractivity contribution in [2.24, 2.45) is 5.92 Å². The Balaban J connectivity index is 1.18. The van der Waals surface area contributed by atoms with Gasteiger partial charge in [-0.1, -0.05) is 91.9 Å². The smallest absolute Gasteiger partial charge is 0.254 e. The number of hydrogen-bond donors (Lipinski definition) is 0. The van der Waals surface area contributed by atoms with E-state index in [-0.39, 0.29) is 5.91 Å². The quantitative estimate of drug-likeness (QED) is 0.272. The zero-order valence-electron chi connectivity index (χ0n) is 23.8. The molecule has 4 nitrogen and oxygen atoms in total. The topological polar surface area (TPSA) is 26.8 Å². The molecule has 40 heavy (non-hydrogen) atoms. The molecule has 0 N–H and O–H groups in total. The minimum atomic E-state index is 0.0666. The molecule has 0 spiro atoms. The van der Waals surface area contributed by atoms with Gasteiger partial charge in [0.1, 0.15) is 0 Å². The second-order valence-corrected chi connectivity index (χ2v) is 11.4. The van der Waals surface area contributed by atoms with E-state index in [1.165, 1.54) is 43.2 Å². The molecular formula is C36H43N3O. The summed E-state index contributed by atoms with van der Waals surface area (Å²) in [6.45, 7) is 6.22. The zero-order valence-corrected chi connectivity index (χ0v) is 23.8. The number of anilines is 1. The fourth-order valence-electron chi connectivity index (χ4n) is 6.47. The monoisotopic (exact) mass is 533 g/mol. The lowest BCUT2D eigenvalue weighted by Gasteiger charge is -2.37. The van der Waals surface area contributed by atoms with Crippen LogP contribution in [0.1, 0.15) is 65.9 Å². The van der Waals surface area contributed by atoms with Gasteiger partial charge < -0.3 is 9.80 Å². The first-order valence-electron chi connectivity index (χ1n) is 15.1. The van der Waals surface area contributed by atoms with Gasteiger partial charge in [-0.05, 0) is 61.1 Å². The molecule has 5 rings (SSSR count). The number of carbonyl (C=O) groups is 1. The van der Waals surface area contributed by atoms with Crippen molar-refractivity contribution in [2.45, 2.75) is 44.4 Å². The summed E-state index contributed by atoms with van der Waals surface area (Å²) in [5.41, 5.74) is 4.65. The highest BCUT2D eigenvalue weighted by molar-refractivity contribution is 5.95. The van der Waals surface area contributed by atoms with Crippen LogP contribution < -0.4 is 4.90 Å². The summed E-state index contributed by atoms with van der Waals surface area (Å²) in [7, 11) is 0. The second kappa shape index (κ2) is 14.2. The lowest BCUT2D eigenvalue weighted by Crippen LogP contribution is -2.47. The molecule has 2 fully saturated rings. The number of amides is 1. The van der Waals surface area contributed by atoms with Crippen LogP contribution in [0.3, 0.4) is 0 Å². The van der Waals surface area contributed by atoms with Crippen LogP contribution in [0.4, 0.5) is 5.69 Å². The van der Waals surface area contributed by atoms with Crippen LogP contribution >= 0.6 is 0 Å². The van der Waals surface area contributed by atoms with Gasteiger partial charge in [0.2, 0.25) is 0 Å². The van der Waals surface area contributed by atoms with Crippen molar-refractivity contribution < 1.29 is 4.79 Å². The van der Waals surface area contributed by atoms with Crippen molar-refractivity contribution >= 4 is 11.6 Å². The lowest BCUT2D eigenvalue weighted by molar-refractivity contribution is 0.0739. The molecule has 1 aliphatic carbocycles. The van der Waals surface area contributed by atoms with E-state index in [0.717, 1.165) is 56.9 Å². The number of rotatable bonds is 10. The number of piperazine rings is 1. The van der Waals surface area contributed by atoms with Crippen LogP contribution in [0.2, 0.25) is 0 Å². The highest BCUT2D eigenvalue weighted by Gasteiger charge is 2.24. The van der Waals surface area contributed by atoms with Crippen molar-refractivity contribution in [3.8, 4) is 12.3 Å². The Hall–Kier alpha value is -3.55. The second-order valence-electron chi connectivity index (χ2n) is 11.4. The molecule has 1 heterocycles. The minimum absolute atomic E-state index is 0.0666. The van der Waals surface area contributed by atoms with Crippen molar-refractivity contribution in [1.29, 1.82) is 0 Å². The maximum Gasteiger partial charge on any atom is 0.254 e. The maximum absolute atomic E-state index is 13.5. The van der Waals surface area contributed by atoms with Gasteiger partial charge in [0.25, 0.3) is 5.91 Å². The van der Waals surface area contributed by atoms with E-state index >= 15 is 0 Å². The average molecular weight is 534 g/mol. The molecule has 1 saturated heterocycles. The molecule has 0 unspecified atom stereocenters. The zero-order chi connectivity index (χ0) is 27.6. The van der Waals surface area contributed by atoms with Crippen molar-refractivity contribution in [1.82, 2.24) is 9.80 Å². The molecule has 0 aromatic heterocycles. The van der Waals surface area contributed by atoms with Crippen LogP contribution in [-0.4, -0.2) is 61.5 Å². The highest BCUT2D eigenvalue weighted by Crippen LogP contribution is 2.29. The molecule has 208 valence electrons. The van der Waals surface area contributed by atoms with Gasteiger partial charge in [-0.25, -0.2) is 0 Å². The summed E-state index contributed by atoms with van der Waals surface area (Å²) in [6, 6.07) is 30.0. The third-order valence-corrected chi connectivity index (χ3v) is 8.74. The van der Waals surface area contributed by atoms with Crippen LogP contribution in [0.15, 0.2) is 84.9 Å². The Morgan fingerprint density at radius 2 is 1.50 bits per heavy atom. The average Bonchev–Trinajstić information content (AvgIpc) is 3.02. The molecule has 2 aliphatic rings. The van der Waals surface area contributed by atoms with Gasteiger partial charge >= 0.3 is 0 Å². The van der Waals surface area contributed by atoms with Crippen LogP contribution in [0, 0.1) is 18.3 Å². The molecule has 0 radical (unpaired) electrons. The fraction of sp³-hybridized carbons (Fsp3) is 0.417.